The fourth-order valence-corrected chi connectivity index (χ4v) is 2.30. The van der Waals surface area contributed by atoms with Crippen molar-refractivity contribution >= 4 is 0 Å². The number of benzene rings is 1. The van der Waals surface area contributed by atoms with Gasteiger partial charge in [0.25, 0.3) is 0 Å². The minimum atomic E-state index is 0.751. The second-order valence-electron chi connectivity index (χ2n) is 5.44. The molecule has 1 aromatic carbocycles. The maximum atomic E-state index is 5.19. The standard InChI is InChI=1S/C17H26N2O/c1-3-10-19(11-12-20-2)14-16-7-5-4-6-15(16)13-18-17-8-9-17/h3-7,17-18H,1,8-14H2,2H3. The maximum Gasteiger partial charge on any atom is 0.0589 e. The van der Waals surface area contributed by atoms with Crippen LogP contribution in [0.4, 0.5) is 0 Å². The molecular weight excluding hydrogens is 248 g/mol. The lowest BCUT2D eigenvalue weighted by Crippen LogP contribution is -2.28. The van der Waals surface area contributed by atoms with Crippen molar-refractivity contribution in [3.63, 3.8) is 0 Å². The smallest absolute Gasteiger partial charge is 0.0589 e. The molecule has 3 heteroatoms. The van der Waals surface area contributed by atoms with E-state index in [1.165, 1.54) is 24.0 Å². The van der Waals surface area contributed by atoms with E-state index in [4.69, 9.17) is 4.74 Å². The minimum Gasteiger partial charge on any atom is -0.383 e. The summed E-state index contributed by atoms with van der Waals surface area (Å²) in [6.07, 6.45) is 4.62. The molecule has 1 fully saturated rings. The molecule has 0 spiro atoms. The zero-order valence-electron chi connectivity index (χ0n) is 12.5. The largest absolute Gasteiger partial charge is 0.383 e. The van der Waals surface area contributed by atoms with Crippen molar-refractivity contribution in [3.8, 4) is 0 Å². The van der Waals surface area contributed by atoms with E-state index in [2.05, 4.69) is 41.1 Å². The Hall–Kier alpha value is -1.16. The molecule has 1 saturated carbocycles. The molecule has 0 saturated heterocycles. The van der Waals surface area contributed by atoms with Gasteiger partial charge in [-0.15, -0.1) is 6.58 Å². The molecule has 0 heterocycles. The normalized spacial score (nSPS) is 14.7. The van der Waals surface area contributed by atoms with Gasteiger partial charge in [-0.2, -0.15) is 0 Å². The van der Waals surface area contributed by atoms with Gasteiger partial charge in [-0.05, 0) is 24.0 Å². The second-order valence-corrected chi connectivity index (χ2v) is 5.44. The van der Waals surface area contributed by atoms with Gasteiger partial charge in [-0.1, -0.05) is 30.3 Å². The molecule has 0 bridgehead atoms. The summed E-state index contributed by atoms with van der Waals surface area (Å²) in [7, 11) is 1.75. The van der Waals surface area contributed by atoms with Gasteiger partial charge in [0.1, 0.15) is 0 Å². The Balaban J connectivity index is 1.95. The van der Waals surface area contributed by atoms with Crippen molar-refractivity contribution in [1.82, 2.24) is 10.2 Å². The number of methoxy groups -OCH3 is 1. The average molecular weight is 274 g/mol. The first-order valence-electron chi connectivity index (χ1n) is 7.46. The Labute approximate surface area is 122 Å². The molecule has 1 N–H and O–H groups in total. The van der Waals surface area contributed by atoms with Crippen LogP contribution in [-0.2, 0) is 17.8 Å². The molecule has 1 aromatic rings. The lowest BCUT2D eigenvalue weighted by Gasteiger charge is -2.22. The lowest BCUT2D eigenvalue weighted by molar-refractivity contribution is 0.151. The summed E-state index contributed by atoms with van der Waals surface area (Å²) in [6.45, 7) is 8.38. The molecule has 1 aliphatic rings. The van der Waals surface area contributed by atoms with Crippen molar-refractivity contribution in [2.24, 2.45) is 0 Å². The number of hydrogen-bond donors (Lipinski definition) is 1. The average Bonchev–Trinajstić information content (AvgIpc) is 3.28. The minimum absolute atomic E-state index is 0.751. The zero-order valence-corrected chi connectivity index (χ0v) is 12.5. The summed E-state index contributed by atoms with van der Waals surface area (Å²) in [5.74, 6) is 0. The highest BCUT2D eigenvalue weighted by Crippen LogP contribution is 2.20. The summed E-state index contributed by atoms with van der Waals surface area (Å²) >= 11 is 0. The Morgan fingerprint density at radius 3 is 2.75 bits per heavy atom. The third-order valence-corrected chi connectivity index (χ3v) is 3.67. The molecule has 1 aliphatic carbocycles. The van der Waals surface area contributed by atoms with Gasteiger partial charge in [0.2, 0.25) is 0 Å². The summed E-state index contributed by atoms with van der Waals surface area (Å²) in [5, 5.41) is 3.60. The Morgan fingerprint density at radius 2 is 2.10 bits per heavy atom. The van der Waals surface area contributed by atoms with Gasteiger partial charge in [0.05, 0.1) is 6.61 Å². The van der Waals surface area contributed by atoms with E-state index in [1.807, 2.05) is 6.08 Å². The van der Waals surface area contributed by atoms with Crippen molar-refractivity contribution in [2.45, 2.75) is 32.0 Å². The summed E-state index contributed by atoms with van der Waals surface area (Å²) in [6, 6.07) is 9.46. The van der Waals surface area contributed by atoms with Crippen LogP contribution in [0.3, 0.4) is 0 Å². The van der Waals surface area contributed by atoms with Gasteiger partial charge in [0.15, 0.2) is 0 Å². The van der Waals surface area contributed by atoms with Crippen LogP contribution >= 0.6 is 0 Å². The number of rotatable bonds is 10. The lowest BCUT2D eigenvalue weighted by atomic mass is 10.1. The summed E-state index contributed by atoms with van der Waals surface area (Å²) < 4.78 is 5.19. The topological polar surface area (TPSA) is 24.5 Å². The molecule has 110 valence electrons. The van der Waals surface area contributed by atoms with Crippen molar-refractivity contribution < 1.29 is 4.74 Å². The molecule has 0 unspecified atom stereocenters. The zero-order chi connectivity index (χ0) is 14.2. The third kappa shape index (κ3) is 5.08. The van der Waals surface area contributed by atoms with Crippen molar-refractivity contribution in [3.05, 3.63) is 48.0 Å². The summed E-state index contributed by atoms with van der Waals surface area (Å²) in [5.41, 5.74) is 2.81. The first kappa shape index (κ1) is 15.2. The highest BCUT2D eigenvalue weighted by Gasteiger charge is 2.20. The van der Waals surface area contributed by atoms with E-state index in [0.29, 0.717) is 0 Å². The van der Waals surface area contributed by atoms with Crippen molar-refractivity contribution in [1.29, 1.82) is 0 Å². The van der Waals surface area contributed by atoms with Crippen LogP contribution < -0.4 is 5.32 Å². The Kier molecular flexibility index (Phi) is 6.25. The molecular formula is C17H26N2O. The SMILES string of the molecule is C=CCN(CCOC)Cc1ccccc1CNC1CC1. The number of ether oxygens (including phenoxy) is 1. The first-order chi connectivity index (χ1) is 9.83. The quantitative estimate of drug-likeness (QED) is 0.664. The molecule has 3 nitrogen and oxygen atoms in total. The molecule has 0 radical (unpaired) electrons. The van der Waals surface area contributed by atoms with Gasteiger partial charge < -0.3 is 10.1 Å². The third-order valence-electron chi connectivity index (χ3n) is 3.67. The van der Waals surface area contributed by atoms with Crippen LogP contribution in [0.15, 0.2) is 36.9 Å². The highest BCUT2D eigenvalue weighted by atomic mass is 16.5. The molecule has 20 heavy (non-hydrogen) atoms. The fraction of sp³-hybridized carbons (Fsp3) is 0.529. The first-order valence-corrected chi connectivity index (χ1v) is 7.46. The summed E-state index contributed by atoms with van der Waals surface area (Å²) in [4.78, 5) is 2.37. The van der Waals surface area contributed by atoms with Gasteiger partial charge in [-0.3, -0.25) is 4.90 Å². The van der Waals surface area contributed by atoms with Crippen LogP contribution in [0.1, 0.15) is 24.0 Å². The molecule has 0 aliphatic heterocycles. The maximum absolute atomic E-state index is 5.19. The van der Waals surface area contributed by atoms with E-state index >= 15 is 0 Å². The number of nitrogens with zero attached hydrogens (tertiary/aromatic N) is 1. The van der Waals surface area contributed by atoms with Crippen LogP contribution in [0.2, 0.25) is 0 Å². The monoisotopic (exact) mass is 274 g/mol. The van der Waals surface area contributed by atoms with Gasteiger partial charge in [-0.25, -0.2) is 0 Å². The van der Waals surface area contributed by atoms with Crippen LogP contribution in [-0.4, -0.2) is 37.7 Å². The van der Waals surface area contributed by atoms with Crippen LogP contribution in [0, 0.1) is 0 Å². The molecule has 2 rings (SSSR count). The second kappa shape index (κ2) is 8.20. The fourth-order valence-electron chi connectivity index (χ4n) is 2.30. The van der Waals surface area contributed by atoms with Crippen molar-refractivity contribution in [2.75, 3.05) is 26.8 Å². The molecule has 0 aromatic heterocycles. The van der Waals surface area contributed by atoms with Crippen LogP contribution in [0.25, 0.3) is 0 Å². The van der Waals surface area contributed by atoms with E-state index in [9.17, 15) is 0 Å². The molecule has 0 amide bonds. The van der Waals surface area contributed by atoms with Crippen LogP contribution in [0.5, 0.6) is 0 Å². The Morgan fingerprint density at radius 1 is 1.35 bits per heavy atom. The Bertz CT molecular complexity index is 415. The highest BCUT2D eigenvalue weighted by molar-refractivity contribution is 5.27. The van der Waals surface area contributed by atoms with E-state index in [-0.39, 0.29) is 0 Å². The van der Waals surface area contributed by atoms with Gasteiger partial charge in [0, 0.05) is 39.3 Å². The predicted molar refractivity (Wildman–Crippen MR) is 83.7 cm³/mol. The number of nitrogens with one attached hydrogen (secondary N) is 1. The van der Waals surface area contributed by atoms with E-state index in [1.54, 1.807) is 7.11 Å². The van der Waals surface area contributed by atoms with E-state index < -0.39 is 0 Å². The molecule has 0 atom stereocenters. The predicted octanol–water partition coefficient (Wildman–Crippen LogP) is 2.57. The van der Waals surface area contributed by atoms with E-state index in [0.717, 1.165) is 38.8 Å². The number of hydrogen-bond acceptors (Lipinski definition) is 3. The van der Waals surface area contributed by atoms with Gasteiger partial charge >= 0.3 is 0 Å².